The normalized spacial score (nSPS) is 13.3. The Kier molecular flexibility index (Phi) is 3.46. The largest absolute Gasteiger partial charge is 0.270 e. The number of nitrogens with one attached hydrogen (secondary N) is 1. The van der Waals surface area contributed by atoms with E-state index in [1.165, 1.54) is 12.1 Å². The average Bonchev–Trinajstić information content (AvgIpc) is 2.19. The van der Waals surface area contributed by atoms with Crippen molar-refractivity contribution >= 4 is 0 Å². The summed E-state index contributed by atoms with van der Waals surface area (Å²) in [6.45, 7) is 3.93. The molecule has 0 fully saturated rings. The molecular weight excluding hydrogens is 191 g/mol. The Bertz CT molecular complexity index is 362. The summed E-state index contributed by atoms with van der Waals surface area (Å²) in [4.78, 5) is 0. The molecule has 1 aromatic carbocycles. The summed E-state index contributed by atoms with van der Waals surface area (Å²) in [5, 5.41) is 0. The Morgan fingerprint density at radius 1 is 1.40 bits per heavy atom. The summed E-state index contributed by atoms with van der Waals surface area (Å²) < 4.78 is 12.8. The third-order valence-electron chi connectivity index (χ3n) is 2.64. The molecule has 0 aliphatic heterocycles. The Morgan fingerprint density at radius 2 is 1.93 bits per heavy atom. The molecule has 0 saturated heterocycles. The SMILES string of the molecule is C#CC(NN)C(C)(C)c1ccc(F)cc1. The molecule has 1 rings (SSSR count). The highest BCUT2D eigenvalue weighted by Gasteiger charge is 2.29. The number of benzene rings is 1. The Hall–Kier alpha value is -1.37. The van der Waals surface area contributed by atoms with E-state index in [1.54, 1.807) is 12.1 Å². The minimum absolute atomic E-state index is 0.257. The first kappa shape index (κ1) is 11.7. The van der Waals surface area contributed by atoms with E-state index in [4.69, 9.17) is 12.3 Å². The number of hydrogen-bond donors (Lipinski definition) is 2. The molecule has 1 atom stereocenters. The maximum Gasteiger partial charge on any atom is 0.123 e. The van der Waals surface area contributed by atoms with Gasteiger partial charge in [-0.1, -0.05) is 31.9 Å². The van der Waals surface area contributed by atoms with Gasteiger partial charge in [0.25, 0.3) is 0 Å². The van der Waals surface area contributed by atoms with Crippen LogP contribution in [0, 0.1) is 18.2 Å². The monoisotopic (exact) mass is 206 g/mol. The van der Waals surface area contributed by atoms with Crippen LogP contribution in [0.2, 0.25) is 0 Å². The third kappa shape index (κ3) is 2.35. The lowest BCUT2D eigenvalue weighted by molar-refractivity contribution is 0.410. The van der Waals surface area contributed by atoms with Crippen molar-refractivity contribution in [3.8, 4) is 12.3 Å². The number of nitrogens with two attached hydrogens (primary N) is 1. The molecule has 3 N–H and O–H groups in total. The fraction of sp³-hybridized carbons (Fsp3) is 0.333. The number of hydrazine groups is 1. The zero-order valence-corrected chi connectivity index (χ0v) is 8.92. The molecule has 0 aliphatic rings. The molecule has 0 radical (unpaired) electrons. The van der Waals surface area contributed by atoms with Gasteiger partial charge < -0.3 is 0 Å². The Morgan fingerprint density at radius 3 is 2.33 bits per heavy atom. The third-order valence-corrected chi connectivity index (χ3v) is 2.64. The highest BCUT2D eigenvalue weighted by atomic mass is 19.1. The van der Waals surface area contributed by atoms with Crippen molar-refractivity contribution in [1.29, 1.82) is 0 Å². The summed E-state index contributed by atoms with van der Waals surface area (Å²) in [6.07, 6.45) is 5.37. The molecule has 0 saturated carbocycles. The van der Waals surface area contributed by atoms with Gasteiger partial charge in [-0.15, -0.1) is 6.42 Å². The number of rotatable bonds is 3. The van der Waals surface area contributed by atoms with Crippen LogP contribution >= 0.6 is 0 Å². The van der Waals surface area contributed by atoms with Gasteiger partial charge in [-0.2, -0.15) is 0 Å². The molecule has 2 nitrogen and oxygen atoms in total. The van der Waals surface area contributed by atoms with Crippen molar-refractivity contribution in [2.75, 3.05) is 0 Å². The van der Waals surface area contributed by atoms with E-state index in [0.717, 1.165) is 5.56 Å². The van der Waals surface area contributed by atoms with E-state index in [1.807, 2.05) is 13.8 Å². The van der Waals surface area contributed by atoms with Gasteiger partial charge in [0, 0.05) is 5.41 Å². The molecule has 80 valence electrons. The van der Waals surface area contributed by atoms with Gasteiger partial charge in [-0.3, -0.25) is 5.84 Å². The number of hydrogen-bond acceptors (Lipinski definition) is 2. The molecule has 1 aromatic rings. The van der Waals surface area contributed by atoms with Gasteiger partial charge in [0.15, 0.2) is 0 Å². The van der Waals surface area contributed by atoms with Crippen molar-refractivity contribution in [2.45, 2.75) is 25.3 Å². The lowest BCUT2D eigenvalue weighted by Gasteiger charge is -2.30. The van der Waals surface area contributed by atoms with Crippen LogP contribution in [0.1, 0.15) is 19.4 Å². The van der Waals surface area contributed by atoms with Crippen LogP contribution in [0.15, 0.2) is 24.3 Å². The van der Waals surface area contributed by atoms with Crippen LogP contribution in [-0.4, -0.2) is 6.04 Å². The fourth-order valence-electron chi connectivity index (χ4n) is 1.51. The van der Waals surface area contributed by atoms with Gasteiger partial charge >= 0.3 is 0 Å². The predicted octanol–water partition coefficient (Wildman–Crippen LogP) is 1.57. The van der Waals surface area contributed by atoms with Crippen LogP contribution in [0.3, 0.4) is 0 Å². The first-order valence-electron chi connectivity index (χ1n) is 4.70. The van der Waals surface area contributed by atoms with Gasteiger partial charge in [-0.25, -0.2) is 9.82 Å². The Labute approximate surface area is 89.6 Å². The molecule has 0 bridgehead atoms. The molecule has 15 heavy (non-hydrogen) atoms. The molecule has 0 spiro atoms. The van der Waals surface area contributed by atoms with Crippen LogP contribution < -0.4 is 11.3 Å². The zero-order chi connectivity index (χ0) is 11.5. The second-order valence-electron chi connectivity index (χ2n) is 3.99. The minimum Gasteiger partial charge on any atom is -0.270 e. The van der Waals surface area contributed by atoms with E-state index in [-0.39, 0.29) is 17.3 Å². The molecule has 0 aliphatic carbocycles. The van der Waals surface area contributed by atoms with Gasteiger partial charge in [0.2, 0.25) is 0 Å². The Balaban J connectivity index is 3.05. The van der Waals surface area contributed by atoms with Crippen LogP contribution in [0.4, 0.5) is 4.39 Å². The number of terminal acetylenes is 1. The standard InChI is InChI=1S/C12H15FN2/c1-4-11(15-14)12(2,3)9-5-7-10(13)8-6-9/h1,5-8,11,15H,14H2,2-3H3. The van der Waals surface area contributed by atoms with Gasteiger partial charge in [0.05, 0.1) is 6.04 Å². The predicted molar refractivity (Wildman–Crippen MR) is 59.4 cm³/mol. The molecule has 0 heterocycles. The van der Waals surface area contributed by atoms with Crippen molar-refractivity contribution in [3.63, 3.8) is 0 Å². The second-order valence-corrected chi connectivity index (χ2v) is 3.99. The van der Waals surface area contributed by atoms with Crippen molar-refractivity contribution < 1.29 is 4.39 Å². The van der Waals surface area contributed by atoms with Crippen molar-refractivity contribution in [1.82, 2.24) is 5.43 Å². The van der Waals surface area contributed by atoms with E-state index < -0.39 is 0 Å². The van der Waals surface area contributed by atoms with Crippen molar-refractivity contribution in [2.24, 2.45) is 5.84 Å². The molecule has 0 amide bonds. The quantitative estimate of drug-likeness (QED) is 0.447. The topological polar surface area (TPSA) is 38.0 Å². The molecular formula is C12H15FN2. The maximum absolute atomic E-state index is 12.8. The second kappa shape index (κ2) is 4.43. The van der Waals surface area contributed by atoms with Crippen LogP contribution in [-0.2, 0) is 5.41 Å². The average molecular weight is 206 g/mol. The van der Waals surface area contributed by atoms with Crippen LogP contribution in [0.5, 0.6) is 0 Å². The van der Waals surface area contributed by atoms with E-state index in [2.05, 4.69) is 11.3 Å². The molecule has 1 unspecified atom stereocenters. The molecule has 3 heteroatoms. The minimum atomic E-state index is -0.336. The van der Waals surface area contributed by atoms with Gasteiger partial charge in [0.1, 0.15) is 5.82 Å². The maximum atomic E-state index is 12.8. The van der Waals surface area contributed by atoms with Crippen LogP contribution in [0.25, 0.3) is 0 Å². The summed E-state index contributed by atoms with van der Waals surface area (Å²) >= 11 is 0. The lowest BCUT2D eigenvalue weighted by atomic mass is 9.78. The first-order chi connectivity index (χ1) is 7.02. The van der Waals surface area contributed by atoms with E-state index in [9.17, 15) is 4.39 Å². The smallest absolute Gasteiger partial charge is 0.123 e. The summed E-state index contributed by atoms with van der Waals surface area (Å²) in [5.41, 5.74) is 3.19. The van der Waals surface area contributed by atoms with Gasteiger partial charge in [-0.05, 0) is 17.7 Å². The van der Waals surface area contributed by atoms with E-state index >= 15 is 0 Å². The fourth-order valence-corrected chi connectivity index (χ4v) is 1.51. The molecule has 0 aromatic heterocycles. The number of halogens is 1. The summed E-state index contributed by atoms with van der Waals surface area (Å²) in [6, 6.07) is 5.99. The summed E-state index contributed by atoms with van der Waals surface area (Å²) in [5.74, 6) is 7.69. The highest BCUT2D eigenvalue weighted by Crippen LogP contribution is 2.26. The lowest BCUT2D eigenvalue weighted by Crippen LogP contribution is -2.47. The highest BCUT2D eigenvalue weighted by molar-refractivity contribution is 5.29. The summed E-state index contributed by atoms with van der Waals surface area (Å²) in [7, 11) is 0. The first-order valence-corrected chi connectivity index (χ1v) is 4.70. The van der Waals surface area contributed by atoms with Crippen molar-refractivity contribution in [3.05, 3.63) is 35.6 Å². The van der Waals surface area contributed by atoms with E-state index in [0.29, 0.717) is 0 Å². The zero-order valence-electron chi connectivity index (χ0n) is 8.92.